The highest BCUT2D eigenvalue weighted by Crippen LogP contribution is 2.34. The van der Waals surface area contributed by atoms with Crippen molar-refractivity contribution in [2.45, 2.75) is 30.6 Å². The summed E-state index contributed by atoms with van der Waals surface area (Å²) in [7, 11) is -3.65. The van der Waals surface area contributed by atoms with Crippen LogP contribution < -0.4 is 19.7 Å². The van der Waals surface area contributed by atoms with Gasteiger partial charge in [-0.1, -0.05) is 18.2 Å². The second kappa shape index (κ2) is 10.5. The van der Waals surface area contributed by atoms with Gasteiger partial charge in [0.25, 0.3) is 0 Å². The highest BCUT2D eigenvalue weighted by Gasteiger charge is 2.33. The first-order valence-electron chi connectivity index (χ1n) is 12.5. The molecule has 35 heavy (non-hydrogen) atoms. The number of fused-ring (bicyclic) bond motifs is 1. The number of piperidine rings is 1. The van der Waals surface area contributed by atoms with Crippen molar-refractivity contribution in [2.75, 3.05) is 50.8 Å². The van der Waals surface area contributed by atoms with Gasteiger partial charge in [0.2, 0.25) is 15.9 Å². The van der Waals surface area contributed by atoms with Crippen molar-refractivity contribution in [3.63, 3.8) is 0 Å². The summed E-state index contributed by atoms with van der Waals surface area (Å²) in [6.45, 7) is 4.33. The number of nitrogens with zero attached hydrogens (tertiary/aromatic N) is 2. The average Bonchev–Trinajstić information content (AvgIpc) is 3.25. The van der Waals surface area contributed by atoms with E-state index in [1.807, 2.05) is 18.2 Å². The molecule has 0 aromatic heterocycles. The summed E-state index contributed by atoms with van der Waals surface area (Å²) in [6, 6.07) is 15.1. The molecule has 1 atom stereocenters. The summed E-state index contributed by atoms with van der Waals surface area (Å²) in [5, 5.41) is 3.13. The number of para-hydroxylation sites is 1. The van der Waals surface area contributed by atoms with Crippen molar-refractivity contribution in [3.8, 4) is 11.5 Å². The first kappa shape index (κ1) is 23.9. The molecule has 3 heterocycles. The Morgan fingerprint density at radius 3 is 2.46 bits per heavy atom. The molecule has 0 bridgehead atoms. The molecule has 2 saturated heterocycles. The Kier molecular flexibility index (Phi) is 7.15. The minimum Gasteiger partial charge on any atom is -0.490 e. The molecular weight excluding hydrogens is 466 g/mol. The lowest BCUT2D eigenvalue weighted by molar-refractivity contribution is -0.126. The van der Waals surface area contributed by atoms with E-state index in [4.69, 9.17) is 9.47 Å². The van der Waals surface area contributed by atoms with Gasteiger partial charge in [-0.25, -0.2) is 8.42 Å². The van der Waals surface area contributed by atoms with Crippen molar-refractivity contribution < 1.29 is 22.7 Å². The van der Waals surface area contributed by atoms with E-state index in [1.165, 1.54) is 9.99 Å². The van der Waals surface area contributed by atoms with Gasteiger partial charge in [0.05, 0.1) is 18.1 Å². The quantitative estimate of drug-likeness (QED) is 0.658. The molecule has 1 amide bonds. The smallest absolute Gasteiger partial charge is 0.243 e. The number of hydrogen-bond acceptors (Lipinski definition) is 6. The van der Waals surface area contributed by atoms with E-state index < -0.39 is 10.0 Å². The van der Waals surface area contributed by atoms with Crippen LogP contribution in [-0.4, -0.2) is 64.6 Å². The Morgan fingerprint density at radius 1 is 0.943 bits per heavy atom. The van der Waals surface area contributed by atoms with Gasteiger partial charge in [0.1, 0.15) is 0 Å². The van der Waals surface area contributed by atoms with Crippen LogP contribution in [0.4, 0.5) is 5.69 Å². The zero-order valence-electron chi connectivity index (χ0n) is 19.9. The maximum absolute atomic E-state index is 13.2. The molecule has 188 valence electrons. The summed E-state index contributed by atoms with van der Waals surface area (Å²) in [5.41, 5.74) is 1.23. The van der Waals surface area contributed by atoms with Crippen molar-refractivity contribution >= 4 is 21.6 Å². The maximum Gasteiger partial charge on any atom is 0.243 e. The number of sulfonamides is 1. The number of amides is 1. The van der Waals surface area contributed by atoms with Gasteiger partial charge in [-0.2, -0.15) is 4.31 Å². The van der Waals surface area contributed by atoms with Crippen LogP contribution in [0.3, 0.4) is 0 Å². The Labute approximate surface area is 207 Å². The molecule has 5 rings (SSSR count). The molecule has 0 radical (unpaired) electrons. The van der Waals surface area contributed by atoms with Gasteiger partial charge < -0.3 is 19.7 Å². The molecular formula is C26H33N3O5S. The molecule has 2 fully saturated rings. The fraction of sp³-hybridized carbons (Fsp3) is 0.500. The topological polar surface area (TPSA) is 88.2 Å². The minimum atomic E-state index is -3.65. The molecule has 2 aromatic carbocycles. The van der Waals surface area contributed by atoms with Crippen LogP contribution in [0.2, 0.25) is 0 Å². The average molecular weight is 500 g/mol. The fourth-order valence-corrected chi connectivity index (χ4v) is 6.56. The number of ether oxygens (including phenoxy) is 2. The van der Waals surface area contributed by atoms with E-state index in [2.05, 4.69) is 22.3 Å². The van der Waals surface area contributed by atoms with Gasteiger partial charge in [0.15, 0.2) is 11.5 Å². The number of nitrogens with one attached hydrogen (secondary N) is 1. The van der Waals surface area contributed by atoms with E-state index in [-0.39, 0.29) is 16.7 Å². The molecule has 0 aliphatic carbocycles. The minimum absolute atomic E-state index is 0.0378. The summed E-state index contributed by atoms with van der Waals surface area (Å²) < 4.78 is 39.2. The van der Waals surface area contributed by atoms with Crippen LogP contribution in [0, 0.1) is 11.8 Å². The Morgan fingerprint density at radius 2 is 1.69 bits per heavy atom. The monoisotopic (exact) mass is 499 g/mol. The van der Waals surface area contributed by atoms with Crippen LogP contribution in [0.15, 0.2) is 53.4 Å². The van der Waals surface area contributed by atoms with Crippen LogP contribution in [0.25, 0.3) is 0 Å². The van der Waals surface area contributed by atoms with Gasteiger partial charge in [-0.05, 0) is 49.4 Å². The predicted molar refractivity (Wildman–Crippen MR) is 133 cm³/mol. The van der Waals surface area contributed by atoms with E-state index in [0.29, 0.717) is 63.1 Å². The third-order valence-electron chi connectivity index (χ3n) is 7.15. The van der Waals surface area contributed by atoms with Crippen molar-refractivity contribution in [3.05, 3.63) is 48.5 Å². The van der Waals surface area contributed by atoms with Crippen LogP contribution in [0.1, 0.15) is 25.7 Å². The number of anilines is 1. The third-order valence-corrected chi connectivity index (χ3v) is 9.05. The first-order valence-corrected chi connectivity index (χ1v) is 13.9. The molecule has 2 aromatic rings. The number of benzene rings is 2. The molecule has 3 aliphatic rings. The summed E-state index contributed by atoms with van der Waals surface area (Å²) >= 11 is 0. The lowest BCUT2D eigenvalue weighted by Crippen LogP contribution is -2.43. The molecule has 3 aliphatic heterocycles. The van der Waals surface area contributed by atoms with Crippen molar-refractivity contribution in [1.29, 1.82) is 0 Å². The van der Waals surface area contributed by atoms with Gasteiger partial charge in [-0.15, -0.1) is 0 Å². The zero-order valence-corrected chi connectivity index (χ0v) is 20.7. The maximum atomic E-state index is 13.2. The standard InChI is InChI=1S/C26H33N3O5S/c30-26(27-18-20-9-12-28(19-20)22-5-2-1-3-6-22)21-10-13-29(14-11-21)35(31,32)23-7-8-24-25(17-23)34-16-4-15-33-24/h1-3,5-8,17,20-21H,4,9-16,18-19H2,(H,27,30). The number of rotatable bonds is 6. The molecule has 1 N–H and O–H groups in total. The lowest BCUT2D eigenvalue weighted by Gasteiger charge is -2.31. The normalized spacial score (nSPS) is 21.5. The van der Waals surface area contributed by atoms with Crippen molar-refractivity contribution in [2.24, 2.45) is 11.8 Å². The second-order valence-corrected chi connectivity index (χ2v) is 11.5. The summed E-state index contributed by atoms with van der Waals surface area (Å²) in [6.07, 6.45) is 2.87. The van der Waals surface area contributed by atoms with Gasteiger partial charge in [0, 0.05) is 56.8 Å². The van der Waals surface area contributed by atoms with E-state index in [0.717, 1.165) is 25.9 Å². The Hall–Kier alpha value is -2.78. The fourth-order valence-electron chi connectivity index (χ4n) is 5.07. The summed E-state index contributed by atoms with van der Waals surface area (Å²) in [5.74, 6) is 1.35. The number of carbonyl (C=O) groups excluding carboxylic acids is 1. The zero-order chi connectivity index (χ0) is 24.3. The molecule has 1 unspecified atom stereocenters. The Balaban J connectivity index is 1.11. The first-order chi connectivity index (χ1) is 17.0. The van der Waals surface area contributed by atoms with Crippen LogP contribution >= 0.6 is 0 Å². The highest BCUT2D eigenvalue weighted by molar-refractivity contribution is 7.89. The molecule has 8 nitrogen and oxygen atoms in total. The lowest BCUT2D eigenvalue weighted by atomic mass is 9.97. The predicted octanol–water partition coefficient (Wildman–Crippen LogP) is 2.89. The molecule has 0 spiro atoms. The molecule has 9 heteroatoms. The van der Waals surface area contributed by atoms with Crippen LogP contribution in [-0.2, 0) is 14.8 Å². The number of carbonyl (C=O) groups is 1. The summed E-state index contributed by atoms with van der Waals surface area (Å²) in [4.78, 5) is 15.4. The van der Waals surface area contributed by atoms with E-state index in [1.54, 1.807) is 18.2 Å². The molecule has 0 saturated carbocycles. The largest absolute Gasteiger partial charge is 0.490 e. The van der Waals surface area contributed by atoms with Gasteiger partial charge >= 0.3 is 0 Å². The second-order valence-electron chi connectivity index (χ2n) is 9.52. The Bertz CT molecular complexity index is 1130. The van der Waals surface area contributed by atoms with E-state index >= 15 is 0 Å². The van der Waals surface area contributed by atoms with E-state index in [9.17, 15) is 13.2 Å². The number of hydrogen-bond donors (Lipinski definition) is 1. The van der Waals surface area contributed by atoms with Crippen LogP contribution in [0.5, 0.6) is 11.5 Å². The van der Waals surface area contributed by atoms with Gasteiger partial charge in [-0.3, -0.25) is 4.79 Å². The third kappa shape index (κ3) is 5.41. The SMILES string of the molecule is O=C(NCC1CCN(c2ccccc2)C1)C1CCN(S(=O)(=O)c2ccc3c(c2)OCCCO3)CC1. The highest BCUT2D eigenvalue weighted by atomic mass is 32.2. The van der Waals surface area contributed by atoms with Crippen molar-refractivity contribution in [1.82, 2.24) is 9.62 Å².